The van der Waals surface area contributed by atoms with E-state index in [9.17, 15) is 0 Å². The smallest absolute Gasteiger partial charge is 0.224 e. The van der Waals surface area contributed by atoms with E-state index in [2.05, 4.69) is 23.8 Å². The van der Waals surface area contributed by atoms with E-state index in [1.807, 2.05) is 25.1 Å². The van der Waals surface area contributed by atoms with Crippen molar-refractivity contribution < 1.29 is 4.74 Å². The zero-order valence-corrected chi connectivity index (χ0v) is 10.3. The van der Waals surface area contributed by atoms with Crippen LogP contribution in [0.1, 0.15) is 20.8 Å². The van der Waals surface area contributed by atoms with Crippen LogP contribution in [0.4, 0.5) is 5.69 Å². The van der Waals surface area contributed by atoms with Crippen LogP contribution < -0.4 is 10.5 Å². The zero-order valence-electron chi connectivity index (χ0n) is 10.3. The summed E-state index contributed by atoms with van der Waals surface area (Å²) in [5.41, 5.74) is 7.31. The Bertz CT molecular complexity index is 525. The van der Waals surface area contributed by atoms with Crippen LogP contribution in [0.3, 0.4) is 0 Å². The lowest BCUT2D eigenvalue weighted by molar-refractivity contribution is 0.166. The molecule has 90 valence electrons. The third-order valence-corrected chi connectivity index (χ3v) is 2.86. The second-order valence-electron chi connectivity index (χ2n) is 4.52. The van der Waals surface area contributed by atoms with E-state index in [0.29, 0.717) is 17.5 Å². The SMILES string of the molecule is CC(C)C(C)Oc1ncnc2ccc(N)cc12. The van der Waals surface area contributed by atoms with Gasteiger partial charge in [0.15, 0.2) is 0 Å². The predicted molar refractivity (Wildman–Crippen MR) is 68.9 cm³/mol. The fraction of sp³-hybridized carbons (Fsp3) is 0.385. The Labute approximate surface area is 101 Å². The molecule has 0 amide bonds. The Kier molecular flexibility index (Phi) is 3.13. The van der Waals surface area contributed by atoms with E-state index >= 15 is 0 Å². The predicted octanol–water partition coefficient (Wildman–Crippen LogP) is 2.64. The second-order valence-corrected chi connectivity index (χ2v) is 4.52. The molecule has 0 bridgehead atoms. The van der Waals surface area contributed by atoms with Crippen molar-refractivity contribution in [1.29, 1.82) is 0 Å². The average molecular weight is 231 g/mol. The number of anilines is 1. The van der Waals surface area contributed by atoms with Crippen molar-refractivity contribution in [2.24, 2.45) is 5.92 Å². The Hall–Kier alpha value is -1.84. The number of hydrogen-bond acceptors (Lipinski definition) is 4. The maximum Gasteiger partial charge on any atom is 0.224 e. The van der Waals surface area contributed by atoms with Crippen LogP contribution in [0.5, 0.6) is 5.88 Å². The van der Waals surface area contributed by atoms with Gasteiger partial charge in [0.2, 0.25) is 5.88 Å². The molecule has 0 saturated heterocycles. The van der Waals surface area contributed by atoms with Crippen LogP contribution in [0.15, 0.2) is 24.5 Å². The average Bonchev–Trinajstić information content (AvgIpc) is 2.29. The first-order valence-electron chi connectivity index (χ1n) is 5.75. The molecule has 0 aliphatic carbocycles. The third-order valence-electron chi connectivity index (χ3n) is 2.86. The van der Waals surface area contributed by atoms with Crippen molar-refractivity contribution in [3.05, 3.63) is 24.5 Å². The van der Waals surface area contributed by atoms with Crippen LogP contribution in [0, 0.1) is 5.92 Å². The molecular weight excluding hydrogens is 214 g/mol. The number of nitrogens with zero attached hydrogens (tertiary/aromatic N) is 2. The summed E-state index contributed by atoms with van der Waals surface area (Å²) in [6.45, 7) is 6.26. The molecule has 0 aliphatic rings. The Morgan fingerprint density at radius 1 is 1.18 bits per heavy atom. The molecule has 1 atom stereocenters. The van der Waals surface area contributed by atoms with E-state index in [0.717, 1.165) is 10.9 Å². The number of benzene rings is 1. The quantitative estimate of drug-likeness (QED) is 0.825. The van der Waals surface area contributed by atoms with E-state index in [-0.39, 0.29) is 6.10 Å². The summed E-state index contributed by atoms with van der Waals surface area (Å²) in [6, 6.07) is 5.54. The highest BCUT2D eigenvalue weighted by molar-refractivity contribution is 5.86. The van der Waals surface area contributed by atoms with Gasteiger partial charge in [-0.3, -0.25) is 0 Å². The van der Waals surface area contributed by atoms with Crippen molar-refractivity contribution in [3.63, 3.8) is 0 Å². The minimum atomic E-state index is 0.106. The van der Waals surface area contributed by atoms with Crippen molar-refractivity contribution in [1.82, 2.24) is 9.97 Å². The van der Waals surface area contributed by atoms with Gasteiger partial charge in [0.25, 0.3) is 0 Å². The molecule has 0 spiro atoms. The lowest BCUT2D eigenvalue weighted by Gasteiger charge is -2.18. The number of hydrogen-bond donors (Lipinski definition) is 1. The molecule has 4 nitrogen and oxygen atoms in total. The van der Waals surface area contributed by atoms with E-state index in [1.165, 1.54) is 6.33 Å². The first-order valence-corrected chi connectivity index (χ1v) is 5.75. The number of nitrogen functional groups attached to an aromatic ring is 1. The molecular formula is C13H17N3O. The fourth-order valence-electron chi connectivity index (χ4n) is 1.46. The Morgan fingerprint density at radius 2 is 1.94 bits per heavy atom. The molecule has 0 saturated carbocycles. The maximum atomic E-state index is 5.84. The van der Waals surface area contributed by atoms with Gasteiger partial charge in [0.05, 0.1) is 17.0 Å². The molecule has 1 heterocycles. The molecule has 2 rings (SSSR count). The Morgan fingerprint density at radius 3 is 2.65 bits per heavy atom. The van der Waals surface area contributed by atoms with Crippen LogP contribution in [-0.4, -0.2) is 16.1 Å². The third kappa shape index (κ3) is 2.46. The summed E-state index contributed by atoms with van der Waals surface area (Å²) in [7, 11) is 0. The fourth-order valence-corrected chi connectivity index (χ4v) is 1.46. The zero-order chi connectivity index (χ0) is 12.4. The van der Waals surface area contributed by atoms with Gasteiger partial charge in [0, 0.05) is 5.69 Å². The van der Waals surface area contributed by atoms with E-state index < -0.39 is 0 Å². The topological polar surface area (TPSA) is 61.0 Å². The van der Waals surface area contributed by atoms with Crippen molar-refractivity contribution in [3.8, 4) is 5.88 Å². The maximum absolute atomic E-state index is 5.84. The van der Waals surface area contributed by atoms with Gasteiger partial charge in [-0.1, -0.05) is 13.8 Å². The van der Waals surface area contributed by atoms with Crippen molar-refractivity contribution in [2.45, 2.75) is 26.9 Å². The number of nitrogens with two attached hydrogens (primary N) is 1. The molecule has 2 aromatic rings. The molecule has 0 aliphatic heterocycles. The lowest BCUT2D eigenvalue weighted by Crippen LogP contribution is -2.19. The normalized spacial score (nSPS) is 12.9. The Balaban J connectivity index is 2.43. The summed E-state index contributed by atoms with van der Waals surface area (Å²) in [6.07, 6.45) is 1.62. The van der Waals surface area contributed by atoms with Crippen LogP contribution >= 0.6 is 0 Å². The van der Waals surface area contributed by atoms with Gasteiger partial charge in [0.1, 0.15) is 6.33 Å². The highest BCUT2D eigenvalue weighted by Gasteiger charge is 2.12. The minimum Gasteiger partial charge on any atom is -0.474 e. The second kappa shape index (κ2) is 4.57. The first kappa shape index (κ1) is 11.6. The molecule has 1 unspecified atom stereocenters. The van der Waals surface area contributed by atoms with Crippen molar-refractivity contribution in [2.75, 3.05) is 5.73 Å². The number of aromatic nitrogens is 2. The lowest BCUT2D eigenvalue weighted by atomic mass is 10.1. The molecule has 2 N–H and O–H groups in total. The molecule has 1 aromatic carbocycles. The van der Waals surface area contributed by atoms with Crippen LogP contribution in [0.2, 0.25) is 0 Å². The molecule has 4 heteroatoms. The molecule has 1 aromatic heterocycles. The molecule has 0 radical (unpaired) electrons. The monoisotopic (exact) mass is 231 g/mol. The minimum absolute atomic E-state index is 0.106. The highest BCUT2D eigenvalue weighted by atomic mass is 16.5. The summed E-state index contributed by atoms with van der Waals surface area (Å²) < 4.78 is 5.84. The summed E-state index contributed by atoms with van der Waals surface area (Å²) in [5.74, 6) is 1.03. The van der Waals surface area contributed by atoms with E-state index in [1.54, 1.807) is 0 Å². The molecule has 17 heavy (non-hydrogen) atoms. The van der Waals surface area contributed by atoms with Crippen LogP contribution in [-0.2, 0) is 0 Å². The van der Waals surface area contributed by atoms with Gasteiger partial charge < -0.3 is 10.5 Å². The molecule has 0 fully saturated rings. The van der Waals surface area contributed by atoms with Gasteiger partial charge in [-0.25, -0.2) is 9.97 Å². The number of rotatable bonds is 3. The summed E-state index contributed by atoms with van der Waals surface area (Å²) >= 11 is 0. The van der Waals surface area contributed by atoms with Gasteiger partial charge in [-0.05, 0) is 31.0 Å². The van der Waals surface area contributed by atoms with Gasteiger partial charge in [-0.15, -0.1) is 0 Å². The first-order chi connectivity index (χ1) is 8.08. The standard InChI is InChI=1S/C13H17N3O/c1-8(2)9(3)17-13-11-6-10(14)4-5-12(11)15-7-16-13/h4-9H,14H2,1-3H3. The largest absolute Gasteiger partial charge is 0.474 e. The van der Waals surface area contributed by atoms with Crippen LogP contribution in [0.25, 0.3) is 10.9 Å². The number of ether oxygens (including phenoxy) is 1. The highest BCUT2D eigenvalue weighted by Crippen LogP contribution is 2.25. The van der Waals surface area contributed by atoms with Gasteiger partial charge >= 0.3 is 0 Å². The van der Waals surface area contributed by atoms with Crippen molar-refractivity contribution >= 4 is 16.6 Å². The van der Waals surface area contributed by atoms with E-state index in [4.69, 9.17) is 10.5 Å². The summed E-state index contributed by atoms with van der Waals surface area (Å²) in [4.78, 5) is 8.37. The van der Waals surface area contributed by atoms with Gasteiger partial charge in [-0.2, -0.15) is 0 Å². The number of fused-ring (bicyclic) bond motifs is 1. The summed E-state index contributed by atoms with van der Waals surface area (Å²) in [5, 5.41) is 0.861.